The van der Waals surface area contributed by atoms with Gasteiger partial charge in [-0.3, -0.25) is 0 Å². The highest BCUT2D eigenvalue weighted by molar-refractivity contribution is 5.74. The van der Waals surface area contributed by atoms with Crippen LogP contribution in [0.2, 0.25) is 0 Å². The molecule has 2 N–H and O–H groups in total. The number of hydrogen-bond donors (Lipinski definition) is 2. The van der Waals surface area contributed by atoms with Gasteiger partial charge >= 0.3 is 6.03 Å². The van der Waals surface area contributed by atoms with E-state index in [1.54, 1.807) is 0 Å². The maximum Gasteiger partial charge on any atom is 0.317 e. The highest BCUT2D eigenvalue weighted by atomic mass is 16.3. The number of urea groups is 1. The van der Waals surface area contributed by atoms with E-state index < -0.39 is 0 Å². The van der Waals surface area contributed by atoms with Gasteiger partial charge in [0.1, 0.15) is 0 Å². The number of nitrogens with zero attached hydrogens (tertiary/aromatic N) is 1. The molecule has 4 nitrogen and oxygen atoms in total. The number of rotatable bonds is 2. The van der Waals surface area contributed by atoms with E-state index in [-0.39, 0.29) is 18.6 Å². The van der Waals surface area contributed by atoms with E-state index in [0.717, 1.165) is 32.4 Å². The highest BCUT2D eigenvalue weighted by Crippen LogP contribution is 2.19. The van der Waals surface area contributed by atoms with Crippen LogP contribution in [0.5, 0.6) is 0 Å². The molecule has 1 aliphatic heterocycles. The Kier molecular flexibility index (Phi) is 4.04. The van der Waals surface area contributed by atoms with E-state index in [1.165, 1.54) is 19.3 Å². The van der Waals surface area contributed by atoms with E-state index in [0.29, 0.717) is 6.04 Å². The lowest BCUT2D eigenvalue weighted by molar-refractivity contribution is 0.192. The van der Waals surface area contributed by atoms with Crippen molar-refractivity contribution in [2.45, 2.75) is 44.6 Å². The van der Waals surface area contributed by atoms with Crippen LogP contribution in [0.25, 0.3) is 0 Å². The van der Waals surface area contributed by atoms with Gasteiger partial charge in [-0.15, -0.1) is 0 Å². The first-order valence-corrected chi connectivity index (χ1v) is 6.46. The summed E-state index contributed by atoms with van der Waals surface area (Å²) in [6.07, 6.45) is 6.98. The van der Waals surface area contributed by atoms with Gasteiger partial charge in [0, 0.05) is 31.7 Å². The normalized spacial score (nSPS) is 27.1. The van der Waals surface area contributed by atoms with Crippen LogP contribution in [0.1, 0.15) is 38.5 Å². The maximum absolute atomic E-state index is 11.9. The van der Waals surface area contributed by atoms with Crippen molar-refractivity contribution in [1.82, 2.24) is 10.2 Å². The Labute approximate surface area is 97.0 Å². The average molecular weight is 226 g/mol. The van der Waals surface area contributed by atoms with Crippen molar-refractivity contribution < 1.29 is 9.90 Å². The van der Waals surface area contributed by atoms with Gasteiger partial charge < -0.3 is 15.3 Å². The van der Waals surface area contributed by atoms with E-state index in [1.807, 2.05) is 4.90 Å². The Morgan fingerprint density at radius 1 is 1.25 bits per heavy atom. The third-order valence-electron chi connectivity index (χ3n) is 3.76. The SMILES string of the molecule is O=C(NC1CCCCC1)N1CCC(CO)C1. The van der Waals surface area contributed by atoms with Gasteiger partial charge in [0.25, 0.3) is 0 Å². The summed E-state index contributed by atoms with van der Waals surface area (Å²) in [4.78, 5) is 13.8. The second-order valence-electron chi connectivity index (χ2n) is 5.07. The van der Waals surface area contributed by atoms with E-state index >= 15 is 0 Å². The maximum atomic E-state index is 11.9. The lowest BCUT2D eigenvalue weighted by Crippen LogP contribution is -2.44. The molecule has 0 radical (unpaired) electrons. The van der Waals surface area contributed by atoms with Crippen LogP contribution in [0, 0.1) is 5.92 Å². The van der Waals surface area contributed by atoms with Crippen molar-refractivity contribution >= 4 is 6.03 Å². The molecular formula is C12H22N2O2. The minimum atomic E-state index is 0.0721. The molecule has 1 heterocycles. The number of carbonyl (C=O) groups excluding carboxylic acids is 1. The molecule has 4 heteroatoms. The van der Waals surface area contributed by atoms with Crippen LogP contribution >= 0.6 is 0 Å². The molecule has 16 heavy (non-hydrogen) atoms. The zero-order valence-corrected chi connectivity index (χ0v) is 9.82. The largest absolute Gasteiger partial charge is 0.396 e. The van der Waals surface area contributed by atoms with Crippen LogP contribution in [0.3, 0.4) is 0 Å². The minimum absolute atomic E-state index is 0.0721. The van der Waals surface area contributed by atoms with Crippen molar-refractivity contribution in [2.24, 2.45) is 5.92 Å². The molecule has 1 unspecified atom stereocenters. The molecule has 0 spiro atoms. The Bertz CT molecular complexity index is 239. The van der Waals surface area contributed by atoms with E-state index in [2.05, 4.69) is 5.32 Å². The molecule has 0 aromatic rings. The van der Waals surface area contributed by atoms with Crippen LogP contribution in [0.15, 0.2) is 0 Å². The number of aliphatic hydroxyl groups is 1. The summed E-state index contributed by atoms with van der Waals surface area (Å²) < 4.78 is 0. The third kappa shape index (κ3) is 2.88. The summed E-state index contributed by atoms with van der Waals surface area (Å²) >= 11 is 0. The van der Waals surface area contributed by atoms with Gasteiger partial charge in [-0.25, -0.2) is 4.79 Å². The van der Waals surface area contributed by atoms with Gasteiger partial charge in [0.2, 0.25) is 0 Å². The molecule has 2 aliphatic rings. The van der Waals surface area contributed by atoms with Gasteiger partial charge in [-0.05, 0) is 19.3 Å². The monoisotopic (exact) mass is 226 g/mol. The first-order valence-electron chi connectivity index (χ1n) is 6.46. The molecule has 2 rings (SSSR count). The number of aliphatic hydroxyl groups excluding tert-OH is 1. The van der Waals surface area contributed by atoms with Crippen LogP contribution in [-0.4, -0.2) is 41.8 Å². The summed E-state index contributed by atoms with van der Waals surface area (Å²) in [7, 11) is 0. The van der Waals surface area contributed by atoms with Crippen molar-refractivity contribution in [3.63, 3.8) is 0 Å². The predicted molar refractivity (Wildman–Crippen MR) is 62.2 cm³/mol. The van der Waals surface area contributed by atoms with Crippen molar-refractivity contribution in [1.29, 1.82) is 0 Å². The number of likely N-dealkylation sites (tertiary alicyclic amines) is 1. The molecule has 0 aromatic heterocycles. The standard InChI is InChI=1S/C12H22N2O2/c15-9-10-6-7-14(8-10)12(16)13-11-4-2-1-3-5-11/h10-11,15H,1-9H2,(H,13,16). The molecule has 1 aliphatic carbocycles. The van der Waals surface area contributed by atoms with Gasteiger partial charge in [-0.1, -0.05) is 19.3 Å². The fraction of sp³-hybridized carbons (Fsp3) is 0.917. The molecule has 1 saturated carbocycles. The van der Waals surface area contributed by atoms with Crippen LogP contribution in [0.4, 0.5) is 4.79 Å². The van der Waals surface area contributed by atoms with Crippen molar-refractivity contribution in [3.05, 3.63) is 0 Å². The number of amides is 2. The first-order chi connectivity index (χ1) is 7.79. The average Bonchev–Trinajstić information content (AvgIpc) is 2.79. The molecule has 92 valence electrons. The van der Waals surface area contributed by atoms with Gasteiger partial charge in [0.05, 0.1) is 0 Å². The summed E-state index contributed by atoms with van der Waals surface area (Å²) in [5.41, 5.74) is 0. The Morgan fingerprint density at radius 2 is 2.00 bits per heavy atom. The Balaban J connectivity index is 1.75. The third-order valence-corrected chi connectivity index (χ3v) is 3.76. The molecule has 0 aromatic carbocycles. The molecule has 2 fully saturated rings. The van der Waals surface area contributed by atoms with E-state index in [4.69, 9.17) is 5.11 Å². The summed E-state index contributed by atoms with van der Waals surface area (Å²) in [6.45, 7) is 1.71. The number of hydrogen-bond acceptors (Lipinski definition) is 2. The lowest BCUT2D eigenvalue weighted by atomic mass is 9.96. The fourth-order valence-electron chi connectivity index (χ4n) is 2.68. The number of carbonyl (C=O) groups is 1. The van der Waals surface area contributed by atoms with Gasteiger partial charge in [0.15, 0.2) is 0 Å². The molecule has 1 atom stereocenters. The van der Waals surface area contributed by atoms with Crippen molar-refractivity contribution in [2.75, 3.05) is 19.7 Å². The van der Waals surface area contributed by atoms with E-state index in [9.17, 15) is 4.79 Å². The quantitative estimate of drug-likeness (QED) is 0.746. The predicted octanol–water partition coefficient (Wildman–Crippen LogP) is 1.34. The zero-order chi connectivity index (χ0) is 11.4. The fourth-order valence-corrected chi connectivity index (χ4v) is 2.68. The highest BCUT2D eigenvalue weighted by Gasteiger charge is 2.27. The molecule has 2 amide bonds. The summed E-state index contributed by atoms with van der Waals surface area (Å²) in [5, 5.41) is 12.1. The summed E-state index contributed by atoms with van der Waals surface area (Å²) in [5.74, 6) is 0.289. The molecule has 1 saturated heterocycles. The zero-order valence-electron chi connectivity index (χ0n) is 9.82. The van der Waals surface area contributed by atoms with Crippen LogP contribution < -0.4 is 5.32 Å². The Hall–Kier alpha value is -0.770. The minimum Gasteiger partial charge on any atom is -0.396 e. The second kappa shape index (κ2) is 5.53. The molecule has 0 bridgehead atoms. The topological polar surface area (TPSA) is 52.6 Å². The van der Waals surface area contributed by atoms with Gasteiger partial charge in [-0.2, -0.15) is 0 Å². The Morgan fingerprint density at radius 3 is 2.62 bits per heavy atom. The lowest BCUT2D eigenvalue weighted by Gasteiger charge is -2.26. The molecular weight excluding hydrogens is 204 g/mol. The summed E-state index contributed by atoms with van der Waals surface area (Å²) in [6, 6.07) is 0.456. The second-order valence-corrected chi connectivity index (χ2v) is 5.07. The first kappa shape index (κ1) is 11.7. The van der Waals surface area contributed by atoms with Crippen LogP contribution in [-0.2, 0) is 0 Å². The number of nitrogens with one attached hydrogen (secondary N) is 1. The van der Waals surface area contributed by atoms with Crippen molar-refractivity contribution in [3.8, 4) is 0 Å². The smallest absolute Gasteiger partial charge is 0.317 e.